The summed E-state index contributed by atoms with van der Waals surface area (Å²) in [6.07, 6.45) is 7.55. The Morgan fingerprint density at radius 2 is 2.29 bits per heavy atom. The van der Waals surface area contributed by atoms with Gasteiger partial charge in [-0.15, -0.1) is 5.10 Å². The molecule has 0 atom stereocenters. The second kappa shape index (κ2) is 6.10. The third-order valence-corrected chi connectivity index (χ3v) is 3.52. The van der Waals surface area contributed by atoms with Gasteiger partial charge in [-0.1, -0.05) is 23.7 Å². The number of esters is 1. The molecule has 1 fully saturated rings. The van der Waals surface area contributed by atoms with E-state index < -0.39 is 0 Å². The van der Waals surface area contributed by atoms with Gasteiger partial charge in [-0.2, -0.15) is 0 Å². The Labute approximate surface area is 127 Å². The molecule has 0 aliphatic heterocycles. The molecule has 2 aromatic rings. The summed E-state index contributed by atoms with van der Waals surface area (Å²) in [6, 6.07) is 7.29. The number of nitrogens with zero attached hydrogens (tertiary/aromatic N) is 3. The molecule has 0 spiro atoms. The van der Waals surface area contributed by atoms with Crippen LogP contribution < -0.4 is 0 Å². The van der Waals surface area contributed by atoms with Crippen LogP contribution in [0.1, 0.15) is 19.3 Å². The van der Waals surface area contributed by atoms with Crippen LogP contribution in [0.25, 0.3) is 17.6 Å². The average Bonchev–Trinajstić information content (AvgIpc) is 2.90. The largest absolute Gasteiger partial charge is 0.459 e. The fourth-order valence-electron chi connectivity index (χ4n) is 1.94. The number of carbonyl (C=O) groups excluding carboxylic acids is 1. The van der Waals surface area contributed by atoms with Crippen molar-refractivity contribution in [3.05, 3.63) is 41.7 Å². The zero-order valence-corrected chi connectivity index (χ0v) is 12.0. The highest BCUT2D eigenvalue weighted by atomic mass is 35.5. The van der Waals surface area contributed by atoms with Crippen molar-refractivity contribution in [2.45, 2.75) is 25.4 Å². The Balaban J connectivity index is 1.65. The molecule has 108 valence electrons. The van der Waals surface area contributed by atoms with E-state index in [1.165, 1.54) is 23.3 Å². The molecule has 1 aromatic heterocycles. The van der Waals surface area contributed by atoms with Crippen LogP contribution in [0.5, 0.6) is 0 Å². The van der Waals surface area contributed by atoms with E-state index in [-0.39, 0.29) is 12.1 Å². The maximum atomic E-state index is 11.6. The topological polar surface area (TPSA) is 57.0 Å². The van der Waals surface area contributed by atoms with Crippen LogP contribution in [0.4, 0.5) is 0 Å². The molecule has 3 rings (SSSR count). The molecule has 0 unspecified atom stereocenters. The van der Waals surface area contributed by atoms with Crippen molar-refractivity contribution >= 4 is 23.8 Å². The summed E-state index contributed by atoms with van der Waals surface area (Å²) in [7, 11) is 0. The molecule has 1 heterocycles. The molecular weight excluding hydrogens is 290 g/mol. The minimum atomic E-state index is -0.348. The number of hydrogen-bond donors (Lipinski definition) is 0. The van der Waals surface area contributed by atoms with Crippen LogP contribution in [-0.2, 0) is 9.53 Å². The fraction of sp³-hybridized carbons (Fsp3) is 0.267. The van der Waals surface area contributed by atoms with Gasteiger partial charge in [-0.25, -0.2) is 14.5 Å². The van der Waals surface area contributed by atoms with E-state index in [4.69, 9.17) is 16.3 Å². The molecular formula is C15H14ClN3O2. The second-order valence-corrected chi connectivity index (χ2v) is 5.30. The van der Waals surface area contributed by atoms with Crippen molar-refractivity contribution in [2.24, 2.45) is 0 Å². The maximum absolute atomic E-state index is 11.6. The van der Waals surface area contributed by atoms with E-state index >= 15 is 0 Å². The van der Waals surface area contributed by atoms with Crippen LogP contribution in [0.15, 0.2) is 36.7 Å². The summed E-state index contributed by atoms with van der Waals surface area (Å²) in [4.78, 5) is 15.7. The minimum absolute atomic E-state index is 0.0833. The number of rotatable bonds is 4. The molecule has 1 aromatic carbocycles. The van der Waals surface area contributed by atoms with Crippen LogP contribution >= 0.6 is 11.6 Å². The highest BCUT2D eigenvalue weighted by Crippen LogP contribution is 2.22. The molecule has 0 N–H and O–H groups in total. The van der Waals surface area contributed by atoms with Crippen LogP contribution in [0.3, 0.4) is 0 Å². The van der Waals surface area contributed by atoms with Crippen molar-refractivity contribution in [3.63, 3.8) is 0 Å². The summed E-state index contributed by atoms with van der Waals surface area (Å²) in [6.45, 7) is 0. The second-order valence-electron chi connectivity index (χ2n) is 4.86. The molecule has 1 saturated carbocycles. The van der Waals surface area contributed by atoms with Gasteiger partial charge in [-0.05, 0) is 31.4 Å². The highest BCUT2D eigenvalue weighted by Gasteiger charge is 2.20. The van der Waals surface area contributed by atoms with Gasteiger partial charge in [0.05, 0.1) is 0 Å². The summed E-state index contributed by atoms with van der Waals surface area (Å²) < 4.78 is 6.68. The van der Waals surface area contributed by atoms with E-state index in [1.54, 1.807) is 12.1 Å². The highest BCUT2D eigenvalue weighted by molar-refractivity contribution is 6.30. The molecule has 1 aliphatic rings. The maximum Gasteiger partial charge on any atom is 0.332 e. The Morgan fingerprint density at radius 1 is 1.43 bits per heavy atom. The minimum Gasteiger partial charge on any atom is -0.459 e. The van der Waals surface area contributed by atoms with Gasteiger partial charge in [0.25, 0.3) is 0 Å². The lowest BCUT2D eigenvalue weighted by Crippen LogP contribution is -2.24. The van der Waals surface area contributed by atoms with E-state index in [0.29, 0.717) is 10.8 Å². The number of aromatic nitrogens is 3. The van der Waals surface area contributed by atoms with Crippen LogP contribution in [-0.4, -0.2) is 26.8 Å². The molecule has 5 nitrogen and oxygen atoms in total. The first kappa shape index (κ1) is 13.8. The van der Waals surface area contributed by atoms with E-state index in [0.717, 1.165) is 24.8 Å². The van der Waals surface area contributed by atoms with Crippen molar-refractivity contribution in [2.75, 3.05) is 0 Å². The van der Waals surface area contributed by atoms with Crippen molar-refractivity contribution in [3.8, 4) is 11.4 Å². The van der Waals surface area contributed by atoms with Gasteiger partial charge in [0.15, 0.2) is 5.82 Å². The number of benzene rings is 1. The standard InChI is InChI=1S/C15H14ClN3O2/c16-12-4-1-3-11(9-12)15-17-10-19(18-15)8-7-14(20)21-13-5-2-6-13/h1,3-4,7-10,13H,2,5-6H2/b8-7+. The van der Waals surface area contributed by atoms with Crippen molar-refractivity contribution in [1.29, 1.82) is 0 Å². The number of carbonyl (C=O) groups is 1. The van der Waals surface area contributed by atoms with Crippen molar-refractivity contribution < 1.29 is 9.53 Å². The van der Waals surface area contributed by atoms with Crippen LogP contribution in [0, 0.1) is 0 Å². The predicted octanol–water partition coefficient (Wildman–Crippen LogP) is 3.16. The lowest BCUT2D eigenvalue weighted by Gasteiger charge is -2.24. The third kappa shape index (κ3) is 3.49. The number of halogens is 1. The van der Waals surface area contributed by atoms with Crippen molar-refractivity contribution in [1.82, 2.24) is 14.8 Å². The average molecular weight is 304 g/mol. The summed E-state index contributed by atoms with van der Waals surface area (Å²) in [5, 5.41) is 4.89. The number of ether oxygens (including phenoxy) is 1. The van der Waals surface area contributed by atoms with Crippen LogP contribution in [0.2, 0.25) is 5.02 Å². The molecule has 1 aliphatic carbocycles. The Kier molecular flexibility index (Phi) is 4.01. The van der Waals surface area contributed by atoms with Gasteiger partial charge < -0.3 is 4.74 Å². The lowest BCUT2D eigenvalue weighted by atomic mass is 9.96. The predicted molar refractivity (Wildman–Crippen MR) is 79.5 cm³/mol. The van der Waals surface area contributed by atoms with Gasteiger partial charge in [0, 0.05) is 22.9 Å². The third-order valence-electron chi connectivity index (χ3n) is 3.29. The normalized spacial score (nSPS) is 15.1. The smallest absolute Gasteiger partial charge is 0.332 e. The SMILES string of the molecule is O=C(/C=C/n1cnc(-c2cccc(Cl)c2)n1)OC1CCC1. The molecule has 0 radical (unpaired) electrons. The Morgan fingerprint density at radius 3 is 3.00 bits per heavy atom. The van der Waals surface area contributed by atoms with Gasteiger partial charge in [0.2, 0.25) is 0 Å². The molecule has 0 saturated heterocycles. The quantitative estimate of drug-likeness (QED) is 0.643. The van der Waals surface area contributed by atoms with Gasteiger partial charge in [0.1, 0.15) is 12.4 Å². The summed E-state index contributed by atoms with van der Waals surface area (Å²) >= 11 is 5.93. The van der Waals surface area contributed by atoms with E-state index in [9.17, 15) is 4.79 Å². The fourth-order valence-corrected chi connectivity index (χ4v) is 2.13. The monoisotopic (exact) mass is 303 g/mol. The zero-order chi connectivity index (χ0) is 14.7. The molecule has 21 heavy (non-hydrogen) atoms. The first-order valence-electron chi connectivity index (χ1n) is 6.76. The first-order valence-corrected chi connectivity index (χ1v) is 7.14. The Hall–Kier alpha value is -2.14. The number of hydrogen-bond acceptors (Lipinski definition) is 4. The molecule has 0 amide bonds. The first-order chi connectivity index (χ1) is 10.2. The molecule has 6 heteroatoms. The lowest BCUT2D eigenvalue weighted by molar-refractivity contribution is -0.146. The summed E-state index contributed by atoms with van der Waals surface area (Å²) in [5.74, 6) is 0.203. The Bertz CT molecular complexity index is 677. The van der Waals surface area contributed by atoms with E-state index in [1.807, 2.05) is 12.1 Å². The van der Waals surface area contributed by atoms with Gasteiger partial charge in [-0.3, -0.25) is 0 Å². The van der Waals surface area contributed by atoms with Gasteiger partial charge >= 0.3 is 5.97 Å². The molecule has 0 bridgehead atoms. The zero-order valence-electron chi connectivity index (χ0n) is 11.3. The summed E-state index contributed by atoms with van der Waals surface area (Å²) in [5.41, 5.74) is 0.826. The van der Waals surface area contributed by atoms with E-state index in [2.05, 4.69) is 10.1 Å².